The van der Waals surface area contributed by atoms with Crippen molar-refractivity contribution >= 4 is 29.5 Å². The molecule has 0 saturated heterocycles. The number of ether oxygens (including phenoxy) is 3. The Bertz CT molecular complexity index is 593. The van der Waals surface area contributed by atoms with Crippen LogP contribution in [0.15, 0.2) is 12.2 Å². The van der Waals surface area contributed by atoms with E-state index < -0.39 is 17.9 Å². The van der Waals surface area contributed by atoms with Gasteiger partial charge in [-0.3, -0.25) is 19.2 Å². The molecule has 1 unspecified atom stereocenters. The number of carbonyl (C=O) groups excluding carboxylic acids is 5. The highest BCUT2D eigenvalue weighted by atomic mass is 16.5. The summed E-state index contributed by atoms with van der Waals surface area (Å²) in [6.07, 6.45) is 2.89. The number of rotatable bonds is 16. The molecular formula is C21H32O8. The highest BCUT2D eigenvalue weighted by molar-refractivity contribution is 5.94. The highest BCUT2D eigenvalue weighted by Gasteiger charge is 2.14. The minimum Gasteiger partial charge on any atom is -0.465 e. The van der Waals surface area contributed by atoms with Crippen LogP contribution in [0, 0.1) is 5.92 Å². The molecule has 0 N–H and O–H groups in total. The molecule has 29 heavy (non-hydrogen) atoms. The maximum absolute atomic E-state index is 11.6. The van der Waals surface area contributed by atoms with E-state index in [0.29, 0.717) is 24.8 Å². The van der Waals surface area contributed by atoms with Gasteiger partial charge in [-0.2, -0.15) is 0 Å². The topological polar surface area (TPSA) is 113 Å². The van der Waals surface area contributed by atoms with Crippen LogP contribution in [0.25, 0.3) is 0 Å². The van der Waals surface area contributed by atoms with Crippen LogP contribution < -0.4 is 0 Å². The highest BCUT2D eigenvalue weighted by Crippen LogP contribution is 2.17. The quantitative estimate of drug-likeness (QED) is 0.125. The molecule has 8 heteroatoms. The third-order valence-electron chi connectivity index (χ3n) is 3.87. The second-order valence-corrected chi connectivity index (χ2v) is 7.08. The third-order valence-corrected chi connectivity index (χ3v) is 3.87. The van der Waals surface area contributed by atoms with Crippen molar-refractivity contribution in [3.05, 3.63) is 12.2 Å². The minimum absolute atomic E-state index is 0.0535. The van der Waals surface area contributed by atoms with Crippen LogP contribution in [-0.2, 0) is 38.2 Å². The van der Waals surface area contributed by atoms with E-state index in [1.807, 2.05) is 0 Å². The minimum atomic E-state index is -0.546. The van der Waals surface area contributed by atoms with Gasteiger partial charge in [0, 0.05) is 5.57 Å². The predicted octanol–water partition coefficient (Wildman–Crippen LogP) is 2.72. The maximum Gasteiger partial charge on any atom is 0.333 e. The second kappa shape index (κ2) is 15.4. The van der Waals surface area contributed by atoms with Crippen molar-refractivity contribution in [1.29, 1.82) is 0 Å². The molecular weight excluding hydrogens is 380 g/mol. The van der Waals surface area contributed by atoms with Crippen LogP contribution in [0.1, 0.15) is 65.7 Å². The van der Waals surface area contributed by atoms with Crippen molar-refractivity contribution in [2.75, 3.05) is 19.8 Å². The van der Waals surface area contributed by atoms with E-state index in [1.165, 1.54) is 13.8 Å². The summed E-state index contributed by atoms with van der Waals surface area (Å²) in [5, 5.41) is 0. The normalized spacial score (nSPS) is 11.3. The molecule has 8 nitrogen and oxygen atoms in total. The molecule has 0 aliphatic heterocycles. The average Bonchev–Trinajstić information content (AvgIpc) is 2.60. The van der Waals surface area contributed by atoms with Crippen LogP contribution in [0.4, 0.5) is 0 Å². The average molecular weight is 412 g/mol. The van der Waals surface area contributed by atoms with Crippen LogP contribution >= 0.6 is 0 Å². The third kappa shape index (κ3) is 16.2. The summed E-state index contributed by atoms with van der Waals surface area (Å²) in [7, 11) is 0. The first-order chi connectivity index (χ1) is 13.6. The molecule has 0 aliphatic rings. The van der Waals surface area contributed by atoms with Crippen LogP contribution in [-0.4, -0.2) is 49.3 Å². The van der Waals surface area contributed by atoms with Crippen LogP contribution in [0.2, 0.25) is 0 Å². The summed E-state index contributed by atoms with van der Waals surface area (Å²) in [4.78, 5) is 56.0. The molecule has 0 aromatic carbocycles. The molecule has 164 valence electrons. The molecule has 1 atom stereocenters. The fraction of sp³-hybridized carbons (Fsp3) is 0.667. The zero-order valence-corrected chi connectivity index (χ0v) is 17.6. The van der Waals surface area contributed by atoms with Gasteiger partial charge in [-0.25, -0.2) is 4.79 Å². The van der Waals surface area contributed by atoms with Gasteiger partial charge in [0.15, 0.2) is 0 Å². The lowest BCUT2D eigenvalue weighted by Gasteiger charge is -2.17. The summed E-state index contributed by atoms with van der Waals surface area (Å²) in [6, 6.07) is 0. The predicted molar refractivity (Wildman–Crippen MR) is 105 cm³/mol. The molecule has 0 bridgehead atoms. The number of ketones is 2. The van der Waals surface area contributed by atoms with Gasteiger partial charge in [0.05, 0.1) is 19.8 Å². The largest absolute Gasteiger partial charge is 0.465 e. The SMILES string of the molecule is C=C(C)C(=O)OCC(CCCCOC(=O)CC(C)=O)CCCOC(=O)CC(C)=O. The molecule has 0 spiro atoms. The zero-order chi connectivity index (χ0) is 22.2. The van der Waals surface area contributed by atoms with Gasteiger partial charge >= 0.3 is 17.9 Å². The van der Waals surface area contributed by atoms with E-state index in [0.717, 1.165) is 12.8 Å². The standard InChI is InChI=1S/C21H32O8/c1-15(2)21(26)29-14-18(9-7-11-28-20(25)13-17(4)23)8-5-6-10-27-19(24)12-16(3)22/h18H,1,5-14H2,2-4H3. The van der Waals surface area contributed by atoms with Crippen molar-refractivity contribution in [1.82, 2.24) is 0 Å². The summed E-state index contributed by atoms with van der Waals surface area (Å²) in [6.45, 7) is 8.41. The first-order valence-electron chi connectivity index (χ1n) is 9.74. The lowest BCUT2D eigenvalue weighted by Crippen LogP contribution is -2.16. The fourth-order valence-electron chi connectivity index (χ4n) is 2.42. The number of hydrogen-bond acceptors (Lipinski definition) is 8. The van der Waals surface area contributed by atoms with E-state index >= 15 is 0 Å². The van der Waals surface area contributed by atoms with Crippen molar-refractivity contribution in [3.8, 4) is 0 Å². The molecule has 0 saturated carbocycles. The van der Waals surface area contributed by atoms with Crippen molar-refractivity contribution < 1.29 is 38.2 Å². The van der Waals surface area contributed by atoms with Crippen molar-refractivity contribution in [2.24, 2.45) is 5.92 Å². The van der Waals surface area contributed by atoms with Gasteiger partial charge in [0.25, 0.3) is 0 Å². The number of esters is 3. The number of Topliss-reactive ketones (excluding diaryl/α,β-unsaturated/α-hetero) is 2. The molecule has 0 aromatic rings. The molecule has 0 aromatic heterocycles. The Labute approximate surface area is 171 Å². The van der Waals surface area contributed by atoms with Crippen molar-refractivity contribution in [3.63, 3.8) is 0 Å². The summed E-state index contributed by atoms with van der Waals surface area (Å²) >= 11 is 0. The molecule has 0 heterocycles. The Kier molecular flexibility index (Phi) is 14.1. The van der Waals surface area contributed by atoms with E-state index in [4.69, 9.17) is 14.2 Å². The monoisotopic (exact) mass is 412 g/mol. The van der Waals surface area contributed by atoms with E-state index in [9.17, 15) is 24.0 Å². The zero-order valence-electron chi connectivity index (χ0n) is 17.6. The Morgan fingerprint density at radius 2 is 1.21 bits per heavy atom. The second-order valence-electron chi connectivity index (χ2n) is 7.08. The van der Waals surface area contributed by atoms with Crippen LogP contribution in [0.5, 0.6) is 0 Å². The van der Waals surface area contributed by atoms with Gasteiger partial charge in [-0.05, 0) is 58.8 Å². The summed E-state index contributed by atoms with van der Waals surface area (Å²) in [5.41, 5.74) is 0.319. The molecule has 0 fully saturated rings. The van der Waals surface area contributed by atoms with Crippen LogP contribution in [0.3, 0.4) is 0 Å². The smallest absolute Gasteiger partial charge is 0.333 e. The summed E-state index contributed by atoms with van der Waals surface area (Å²) in [5.74, 6) is -1.97. The van der Waals surface area contributed by atoms with Gasteiger partial charge in [0.2, 0.25) is 0 Å². The van der Waals surface area contributed by atoms with Gasteiger partial charge in [0.1, 0.15) is 24.4 Å². The Balaban J connectivity index is 4.25. The van der Waals surface area contributed by atoms with Gasteiger partial charge in [-0.15, -0.1) is 0 Å². The lowest BCUT2D eigenvalue weighted by atomic mass is 9.97. The Morgan fingerprint density at radius 1 is 0.724 bits per heavy atom. The van der Waals surface area contributed by atoms with E-state index in [2.05, 4.69) is 6.58 Å². The van der Waals surface area contributed by atoms with Gasteiger partial charge < -0.3 is 14.2 Å². The van der Waals surface area contributed by atoms with Gasteiger partial charge in [-0.1, -0.05) is 6.58 Å². The first-order valence-corrected chi connectivity index (χ1v) is 9.74. The lowest BCUT2D eigenvalue weighted by molar-refractivity contribution is -0.147. The maximum atomic E-state index is 11.6. The van der Waals surface area contributed by atoms with Crippen molar-refractivity contribution in [2.45, 2.75) is 65.7 Å². The number of carbonyl (C=O) groups is 5. The molecule has 0 amide bonds. The Hall–Kier alpha value is -2.51. The molecule has 0 aliphatic carbocycles. The van der Waals surface area contributed by atoms with E-state index in [-0.39, 0.29) is 50.1 Å². The number of unbranched alkanes of at least 4 members (excludes halogenated alkanes) is 1. The fourth-order valence-corrected chi connectivity index (χ4v) is 2.42. The summed E-state index contributed by atoms with van der Waals surface area (Å²) < 4.78 is 15.2. The first kappa shape index (κ1) is 26.5. The molecule has 0 radical (unpaired) electrons. The number of hydrogen-bond donors (Lipinski definition) is 0. The Morgan fingerprint density at radius 3 is 1.69 bits per heavy atom. The molecule has 0 rings (SSSR count). The van der Waals surface area contributed by atoms with E-state index in [1.54, 1.807) is 6.92 Å².